The number of hydrogen-bond donors (Lipinski definition) is 3. The molecule has 0 saturated heterocycles. The fourth-order valence-corrected chi connectivity index (χ4v) is 3.00. The first kappa shape index (κ1) is 27.3. The molecule has 0 spiro atoms. The summed E-state index contributed by atoms with van der Waals surface area (Å²) in [5.41, 5.74) is 0.282. The van der Waals surface area contributed by atoms with E-state index in [2.05, 4.69) is 20.9 Å². The van der Waals surface area contributed by atoms with Crippen LogP contribution >= 0.6 is 0 Å². The van der Waals surface area contributed by atoms with Crippen molar-refractivity contribution >= 4 is 23.5 Å². The van der Waals surface area contributed by atoms with Crippen LogP contribution < -0.4 is 20.7 Å². The summed E-state index contributed by atoms with van der Waals surface area (Å²) >= 11 is 0. The van der Waals surface area contributed by atoms with Crippen LogP contribution in [0, 0.1) is 5.92 Å². The van der Waals surface area contributed by atoms with E-state index >= 15 is 0 Å². The predicted molar refractivity (Wildman–Crippen MR) is 118 cm³/mol. The van der Waals surface area contributed by atoms with Gasteiger partial charge in [0.2, 0.25) is 11.8 Å². The lowest BCUT2D eigenvalue weighted by molar-refractivity contribution is -0.175. The van der Waals surface area contributed by atoms with Crippen molar-refractivity contribution < 1.29 is 37.1 Å². The Hall–Kier alpha value is -3.96. The van der Waals surface area contributed by atoms with E-state index in [1.54, 1.807) is 12.1 Å². The molecular weight excluding hydrogens is 469 g/mol. The summed E-state index contributed by atoms with van der Waals surface area (Å²) in [6.45, 7) is 2.16. The Morgan fingerprint density at radius 1 is 1.00 bits per heavy atom. The van der Waals surface area contributed by atoms with Crippen molar-refractivity contribution in [1.29, 1.82) is 0 Å². The number of halogens is 3. The molecule has 0 aliphatic rings. The molecule has 0 aliphatic carbocycles. The maximum Gasteiger partial charge on any atom is 0.452 e. The number of nitrogens with one attached hydrogen (secondary N) is 3. The number of ketones is 1. The second-order valence-corrected chi connectivity index (χ2v) is 7.76. The number of carbonyl (C=O) groups excluding carboxylic acids is 4. The van der Waals surface area contributed by atoms with Crippen LogP contribution in [0.3, 0.4) is 0 Å². The molecule has 3 N–H and O–H groups in total. The molecule has 0 fully saturated rings. The molecule has 1 aromatic heterocycles. The second-order valence-electron chi connectivity index (χ2n) is 7.76. The van der Waals surface area contributed by atoms with E-state index in [0.29, 0.717) is 5.75 Å². The lowest BCUT2D eigenvalue weighted by Gasteiger charge is -2.26. The highest BCUT2D eigenvalue weighted by atomic mass is 19.4. The molecule has 0 bridgehead atoms. The van der Waals surface area contributed by atoms with Gasteiger partial charge in [0, 0.05) is 6.20 Å². The van der Waals surface area contributed by atoms with Crippen molar-refractivity contribution in [2.45, 2.75) is 32.1 Å². The quantitative estimate of drug-likeness (QED) is 0.464. The Bertz CT molecular complexity index is 1040. The second kappa shape index (κ2) is 12.0. The van der Waals surface area contributed by atoms with E-state index in [-0.39, 0.29) is 11.3 Å². The number of ether oxygens (including phenoxy) is 1. The molecule has 3 amide bonds. The number of benzene rings is 1. The molecule has 0 aliphatic heterocycles. The zero-order valence-electron chi connectivity index (χ0n) is 19.2. The predicted octanol–water partition coefficient (Wildman–Crippen LogP) is 1.95. The highest BCUT2D eigenvalue weighted by Crippen LogP contribution is 2.23. The summed E-state index contributed by atoms with van der Waals surface area (Å²) in [4.78, 5) is 53.3. The largest absolute Gasteiger partial charge is 0.497 e. The number of pyridine rings is 1. The average Bonchev–Trinajstić information content (AvgIpc) is 2.83. The van der Waals surface area contributed by atoms with E-state index in [1.807, 2.05) is 0 Å². The highest BCUT2D eigenvalue weighted by Gasteiger charge is 2.45. The number of carbonyl (C=O) groups is 4. The van der Waals surface area contributed by atoms with Crippen LogP contribution in [-0.2, 0) is 14.4 Å². The third-order valence-electron chi connectivity index (χ3n) is 4.85. The first-order valence-electron chi connectivity index (χ1n) is 10.5. The van der Waals surface area contributed by atoms with E-state index in [4.69, 9.17) is 4.74 Å². The van der Waals surface area contributed by atoms with Crippen molar-refractivity contribution in [3.05, 3.63) is 59.9 Å². The molecule has 35 heavy (non-hydrogen) atoms. The number of nitrogens with zero attached hydrogens (tertiary/aromatic N) is 1. The minimum atomic E-state index is -5.16. The van der Waals surface area contributed by atoms with Gasteiger partial charge in [0.1, 0.15) is 17.5 Å². The number of Topliss-reactive ketones (excluding diaryl/α,β-unsaturated/α-hetero) is 1. The van der Waals surface area contributed by atoms with Gasteiger partial charge >= 0.3 is 6.18 Å². The van der Waals surface area contributed by atoms with Gasteiger partial charge in [0.15, 0.2) is 0 Å². The average molecular weight is 494 g/mol. The molecule has 9 nitrogen and oxygen atoms in total. The van der Waals surface area contributed by atoms with Gasteiger partial charge in [-0.2, -0.15) is 13.2 Å². The number of alkyl halides is 3. The highest BCUT2D eigenvalue weighted by molar-refractivity contribution is 5.97. The van der Waals surface area contributed by atoms with Crippen molar-refractivity contribution in [3.63, 3.8) is 0 Å². The summed E-state index contributed by atoms with van der Waals surface area (Å²) in [7, 11) is 1.42. The van der Waals surface area contributed by atoms with Gasteiger partial charge in [-0.25, -0.2) is 0 Å². The van der Waals surface area contributed by atoms with Crippen LogP contribution in [0.15, 0.2) is 48.7 Å². The van der Waals surface area contributed by atoms with Crippen molar-refractivity contribution in [2.75, 3.05) is 13.7 Å². The van der Waals surface area contributed by atoms with Crippen LogP contribution in [0.5, 0.6) is 5.75 Å². The molecule has 0 radical (unpaired) electrons. The van der Waals surface area contributed by atoms with Gasteiger partial charge in [0.05, 0.1) is 19.7 Å². The summed E-state index contributed by atoms with van der Waals surface area (Å²) in [6, 6.07) is 7.17. The number of rotatable bonds is 10. The third-order valence-corrected chi connectivity index (χ3v) is 4.85. The Morgan fingerprint density at radius 3 is 2.17 bits per heavy atom. The topological polar surface area (TPSA) is 126 Å². The number of aromatic nitrogens is 1. The van der Waals surface area contributed by atoms with Gasteiger partial charge in [-0.05, 0) is 35.7 Å². The molecule has 0 saturated carbocycles. The summed E-state index contributed by atoms with van der Waals surface area (Å²) in [5.74, 6) is -5.01. The van der Waals surface area contributed by atoms with Crippen molar-refractivity contribution in [2.24, 2.45) is 5.92 Å². The Morgan fingerprint density at radius 2 is 1.66 bits per heavy atom. The molecule has 12 heteroatoms. The van der Waals surface area contributed by atoms with E-state index in [0.717, 1.165) is 0 Å². The van der Waals surface area contributed by atoms with Crippen LogP contribution in [0.25, 0.3) is 0 Å². The molecule has 2 atom stereocenters. The molecule has 188 valence electrons. The Balaban J connectivity index is 2.20. The first-order valence-corrected chi connectivity index (χ1v) is 10.5. The normalized spacial score (nSPS) is 12.9. The molecule has 1 unspecified atom stereocenters. The maximum absolute atomic E-state index is 13.0. The number of hydrogen-bond acceptors (Lipinski definition) is 6. The SMILES string of the molecule is COc1ccc(C(NC(=O)CNC(=O)c2ccccn2)C(=O)N[C@H](C(=O)C(F)(F)F)C(C)C)cc1. The molecule has 1 aromatic carbocycles. The van der Waals surface area contributed by atoms with Crippen LogP contribution in [0.1, 0.15) is 35.9 Å². The standard InChI is InChI=1S/C23H25F3N4O5/c1-13(2)18(20(32)23(24,25)26)30-22(34)19(14-7-9-15(35-3)10-8-14)29-17(31)12-28-21(33)16-6-4-5-11-27-16/h4-11,13,18-19H,12H2,1-3H3,(H,28,33)(H,29,31)(H,30,34)/t18-,19?/m0/s1. The molecule has 2 aromatic rings. The summed E-state index contributed by atoms with van der Waals surface area (Å²) in [5, 5.41) is 6.82. The molecule has 1 heterocycles. The van der Waals surface area contributed by atoms with Gasteiger partial charge < -0.3 is 20.7 Å². The minimum Gasteiger partial charge on any atom is -0.497 e. The lowest BCUT2D eigenvalue weighted by Crippen LogP contribution is -2.53. The Kier molecular flexibility index (Phi) is 9.32. The lowest BCUT2D eigenvalue weighted by atomic mass is 9.98. The van der Waals surface area contributed by atoms with Crippen LogP contribution in [0.4, 0.5) is 13.2 Å². The van der Waals surface area contributed by atoms with Gasteiger partial charge in [0.25, 0.3) is 11.7 Å². The fourth-order valence-electron chi connectivity index (χ4n) is 3.00. The van der Waals surface area contributed by atoms with Gasteiger partial charge in [-0.15, -0.1) is 0 Å². The van der Waals surface area contributed by atoms with E-state index < -0.39 is 54.2 Å². The van der Waals surface area contributed by atoms with Crippen LogP contribution in [-0.4, -0.2) is 54.4 Å². The maximum atomic E-state index is 13.0. The summed E-state index contributed by atoms with van der Waals surface area (Å²) < 4.78 is 44.1. The minimum absolute atomic E-state index is 0.0650. The summed E-state index contributed by atoms with van der Waals surface area (Å²) in [6.07, 6.45) is -3.76. The van der Waals surface area contributed by atoms with E-state index in [1.165, 1.54) is 57.5 Å². The molecule has 2 rings (SSSR count). The zero-order valence-corrected chi connectivity index (χ0v) is 19.2. The Labute approximate surface area is 199 Å². The van der Waals surface area contributed by atoms with Crippen molar-refractivity contribution in [3.8, 4) is 5.75 Å². The fraction of sp³-hybridized carbons (Fsp3) is 0.348. The monoisotopic (exact) mass is 494 g/mol. The smallest absolute Gasteiger partial charge is 0.452 e. The van der Waals surface area contributed by atoms with Crippen LogP contribution in [0.2, 0.25) is 0 Å². The van der Waals surface area contributed by atoms with Gasteiger partial charge in [-0.1, -0.05) is 32.0 Å². The van der Waals surface area contributed by atoms with E-state index in [9.17, 15) is 32.3 Å². The first-order chi connectivity index (χ1) is 16.4. The third kappa shape index (κ3) is 7.80. The zero-order chi connectivity index (χ0) is 26.2. The van der Waals surface area contributed by atoms with Crippen molar-refractivity contribution in [1.82, 2.24) is 20.9 Å². The number of amides is 3. The molecular formula is C23H25F3N4O5. The number of methoxy groups -OCH3 is 1. The van der Waals surface area contributed by atoms with Gasteiger partial charge in [-0.3, -0.25) is 24.2 Å².